The Balaban J connectivity index is 2.50. The van der Waals surface area contributed by atoms with E-state index in [-0.39, 0.29) is 5.78 Å². The van der Waals surface area contributed by atoms with Gasteiger partial charge in [-0.2, -0.15) is 0 Å². The van der Waals surface area contributed by atoms with E-state index in [0.717, 1.165) is 11.1 Å². The number of Topliss-reactive ketones (excluding diaryl/α,β-unsaturated/α-hetero) is 1. The number of aryl methyl sites for hydroxylation is 1. The first kappa shape index (κ1) is 11.0. The topological polar surface area (TPSA) is 30.2 Å². The number of benzene rings is 1. The molecule has 82 valence electrons. The van der Waals surface area contributed by atoms with Gasteiger partial charge in [0.1, 0.15) is 5.76 Å². The molecule has 0 amide bonds. The fourth-order valence-corrected chi connectivity index (χ4v) is 1.71. The van der Waals surface area contributed by atoms with E-state index in [9.17, 15) is 4.79 Å². The minimum atomic E-state index is -0.0879. The lowest BCUT2D eigenvalue weighted by Gasteiger charge is -2.01. The molecule has 2 aromatic rings. The van der Waals surface area contributed by atoms with Gasteiger partial charge in [-0.05, 0) is 31.2 Å². The molecule has 2 nitrogen and oxygen atoms in total. The molecule has 0 aliphatic heterocycles. The number of furan rings is 1. The highest BCUT2D eigenvalue weighted by atomic mass is 35.5. The molecule has 1 aromatic carbocycles. The van der Waals surface area contributed by atoms with Crippen molar-refractivity contribution in [1.82, 2.24) is 0 Å². The van der Waals surface area contributed by atoms with E-state index in [0.29, 0.717) is 16.5 Å². The van der Waals surface area contributed by atoms with Gasteiger partial charge < -0.3 is 4.42 Å². The van der Waals surface area contributed by atoms with Crippen molar-refractivity contribution in [3.63, 3.8) is 0 Å². The van der Waals surface area contributed by atoms with E-state index in [1.165, 1.54) is 6.92 Å². The number of carbonyl (C=O) groups is 1. The molecule has 1 heterocycles. The van der Waals surface area contributed by atoms with Gasteiger partial charge in [0.2, 0.25) is 0 Å². The van der Waals surface area contributed by atoms with Crippen molar-refractivity contribution < 1.29 is 9.21 Å². The first-order valence-corrected chi connectivity index (χ1v) is 5.33. The molecule has 0 aliphatic carbocycles. The molecule has 3 heteroatoms. The molecule has 0 spiro atoms. The number of hydrogen-bond acceptors (Lipinski definition) is 2. The van der Waals surface area contributed by atoms with Crippen LogP contribution in [0, 0.1) is 6.92 Å². The van der Waals surface area contributed by atoms with Gasteiger partial charge in [-0.3, -0.25) is 4.79 Å². The van der Waals surface area contributed by atoms with Crippen LogP contribution in [0.15, 0.2) is 34.7 Å². The molecule has 0 fully saturated rings. The lowest BCUT2D eigenvalue weighted by Crippen LogP contribution is -1.86. The van der Waals surface area contributed by atoms with Crippen LogP contribution in [0.4, 0.5) is 0 Å². The summed E-state index contributed by atoms with van der Waals surface area (Å²) < 4.78 is 5.43. The highest BCUT2D eigenvalue weighted by Gasteiger charge is 2.10. The summed E-state index contributed by atoms with van der Waals surface area (Å²) in [7, 11) is 0. The molecule has 0 bridgehead atoms. The first-order chi connectivity index (χ1) is 7.58. The quantitative estimate of drug-likeness (QED) is 0.732. The van der Waals surface area contributed by atoms with Crippen LogP contribution in [0.2, 0.25) is 5.02 Å². The lowest BCUT2D eigenvalue weighted by atomic mass is 10.1. The Morgan fingerprint density at radius 3 is 2.62 bits per heavy atom. The lowest BCUT2D eigenvalue weighted by molar-refractivity contribution is 0.0988. The maximum atomic E-state index is 11.1. The molecule has 0 unspecified atom stereocenters. The summed E-state index contributed by atoms with van der Waals surface area (Å²) >= 11 is 6.07. The zero-order chi connectivity index (χ0) is 11.7. The smallest absolute Gasteiger partial charge is 0.194 e. The van der Waals surface area contributed by atoms with Gasteiger partial charge in [-0.15, -0.1) is 0 Å². The van der Waals surface area contributed by atoms with Crippen LogP contribution in [-0.4, -0.2) is 5.78 Å². The Bertz CT molecular complexity index is 541. The Labute approximate surface area is 98.8 Å². The van der Waals surface area contributed by atoms with Crippen LogP contribution < -0.4 is 0 Å². The number of rotatable bonds is 2. The zero-order valence-corrected chi connectivity index (χ0v) is 9.84. The fourth-order valence-electron chi connectivity index (χ4n) is 1.50. The average molecular weight is 235 g/mol. The minimum Gasteiger partial charge on any atom is -0.453 e. The van der Waals surface area contributed by atoms with Crippen molar-refractivity contribution >= 4 is 17.4 Å². The molecule has 16 heavy (non-hydrogen) atoms. The highest BCUT2D eigenvalue weighted by molar-refractivity contribution is 6.33. The fraction of sp³-hybridized carbons (Fsp3) is 0.154. The normalized spacial score (nSPS) is 10.4. The van der Waals surface area contributed by atoms with Crippen molar-refractivity contribution in [2.75, 3.05) is 0 Å². The van der Waals surface area contributed by atoms with Gasteiger partial charge in [-0.1, -0.05) is 23.2 Å². The van der Waals surface area contributed by atoms with E-state index in [1.54, 1.807) is 12.1 Å². The van der Waals surface area contributed by atoms with Crippen LogP contribution in [0.1, 0.15) is 23.0 Å². The minimum absolute atomic E-state index is 0.0879. The molecule has 0 radical (unpaired) electrons. The second-order valence-corrected chi connectivity index (χ2v) is 4.11. The number of halogens is 1. The van der Waals surface area contributed by atoms with Crippen LogP contribution in [0.25, 0.3) is 11.3 Å². The summed E-state index contributed by atoms with van der Waals surface area (Å²) in [5.74, 6) is 0.890. The summed E-state index contributed by atoms with van der Waals surface area (Å²) in [6.45, 7) is 3.45. The number of carbonyl (C=O) groups excluding carboxylic acids is 1. The Hall–Kier alpha value is -1.54. The van der Waals surface area contributed by atoms with Crippen molar-refractivity contribution in [3.05, 3.63) is 46.7 Å². The third-order valence-corrected chi connectivity index (χ3v) is 2.67. The summed E-state index contributed by atoms with van der Waals surface area (Å²) in [6.07, 6.45) is 0. The molecule has 2 rings (SSSR count). The predicted octanol–water partition coefficient (Wildman–Crippen LogP) is 4.11. The van der Waals surface area contributed by atoms with Crippen LogP contribution in [-0.2, 0) is 0 Å². The van der Waals surface area contributed by atoms with Gasteiger partial charge >= 0.3 is 0 Å². The van der Waals surface area contributed by atoms with E-state index >= 15 is 0 Å². The molecule has 1 aromatic heterocycles. The van der Waals surface area contributed by atoms with Crippen LogP contribution in [0.5, 0.6) is 0 Å². The number of ketones is 1. The maximum absolute atomic E-state index is 11.1. The molecule has 0 atom stereocenters. The van der Waals surface area contributed by atoms with Gasteiger partial charge in [0.05, 0.1) is 5.02 Å². The van der Waals surface area contributed by atoms with Gasteiger partial charge in [0.25, 0.3) is 0 Å². The van der Waals surface area contributed by atoms with Crippen molar-refractivity contribution in [2.45, 2.75) is 13.8 Å². The van der Waals surface area contributed by atoms with Crippen LogP contribution in [0.3, 0.4) is 0 Å². The van der Waals surface area contributed by atoms with Gasteiger partial charge in [0, 0.05) is 12.5 Å². The number of hydrogen-bond donors (Lipinski definition) is 0. The molecule has 0 aliphatic rings. The van der Waals surface area contributed by atoms with E-state index in [4.69, 9.17) is 16.0 Å². The second kappa shape index (κ2) is 4.14. The van der Waals surface area contributed by atoms with E-state index in [1.807, 2.05) is 25.1 Å². The SMILES string of the molecule is CC(=O)c1ccc(-c2cc(C)ccc2Cl)o1. The standard InChI is InChI=1S/C13H11ClO2/c1-8-3-4-11(14)10(7-8)13-6-5-12(16-13)9(2)15/h3-7H,1-2H3. The van der Waals surface area contributed by atoms with E-state index < -0.39 is 0 Å². The third kappa shape index (κ3) is 2.02. The second-order valence-electron chi connectivity index (χ2n) is 3.70. The Morgan fingerprint density at radius 2 is 2.00 bits per heavy atom. The summed E-state index contributed by atoms with van der Waals surface area (Å²) in [5, 5.41) is 0.620. The third-order valence-electron chi connectivity index (χ3n) is 2.34. The van der Waals surface area contributed by atoms with Gasteiger partial charge in [0.15, 0.2) is 11.5 Å². The predicted molar refractivity (Wildman–Crippen MR) is 63.9 cm³/mol. The van der Waals surface area contributed by atoms with Gasteiger partial charge in [-0.25, -0.2) is 0 Å². The van der Waals surface area contributed by atoms with Crippen molar-refractivity contribution in [3.8, 4) is 11.3 Å². The monoisotopic (exact) mass is 234 g/mol. The molecular formula is C13H11ClO2. The first-order valence-electron chi connectivity index (χ1n) is 4.95. The largest absolute Gasteiger partial charge is 0.453 e. The summed E-state index contributed by atoms with van der Waals surface area (Å²) in [5.41, 5.74) is 1.91. The zero-order valence-electron chi connectivity index (χ0n) is 9.08. The molecule has 0 N–H and O–H groups in total. The summed E-state index contributed by atoms with van der Waals surface area (Å²) in [4.78, 5) is 11.1. The van der Waals surface area contributed by atoms with Crippen molar-refractivity contribution in [1.29, 1.82) is 0 Å². The Morgan fingerprint density at radius 1 is 1.25 bits per heavy atom. The Kier molecular flexibility index (Phi) is 2.84. The van der Waals surface area contributed by atoms with Crippen LogP contribution >= 0.6 is 11.6 Å². The molecule has 0 saturated carbocycles. The average Bonchev–Trinajstić information content (AvgIpc) is 2.70. The van der Waals surface area contributed by atoms with Crippen molar-refractivity contribution in [2.24, 2.45) is 0 Å². The highest BCUT2D eigenvalue weighted by Crippen LogP contribution is 2.30. The molecular weight excluding hydrogens is 224 g/mol. The van der Waals surface area contributed by atoms with E-state index in [2.05, 4.69) is 0 Å². The maximum Gasteiger partial charge on any atom is 0.194 e. The molecule has 0 saturated heterocycles. The summed E-state index contributed by atoms with van der Waals surface area (Å²) in [6, 6.07) is 9.11.